The van der Waals surface area contributed by atoms with Crippen LogP contribution in [0.2, 0.25) is 0 Å². The Morgan fingerprint density at radius 3 is 2.50 bits per heavy atom. The van der Waals surface area contributed by atoms with Gasteiger partial charge in [-0.15, -0.1) is 0 Å². The van der Waals surface area contributed by atoms with Gasteiger partial charge >= 0.3 is 11.9 Å². The van der Waals surface area contributed by atoms with E-state index in [0.717, 1.165) is 12.3 Å². The lowest BCUT2D eigenvalue weighted by atomic mass is 9.85. The second kappa shape index (κ2) is 11.1. The van der Waals surface area contributed by atoms with E-state index in [9.17, 15) is 45.3 Å². The molecule has 0 spiro atoms. The Bertz CT molecular complexity index is 1140. The molecule has 7 N–H and O–H groups in total. The first kappa shape index (κ1) is 27.6. The number of hydrogen-bond donors (Lipinski definition) is 7. The highest BCUT2D eigenvalue weighted by atomic mass is 16.8. The molecule has 13 nitrogen and oxygen atoms in total. The Morgan fingerprint density at radius 1 is 1.11 bits per heavy atom. The predicted octanol–water partition coefficient (Wildman–Crippen LogP) is -0.644. The molecule has 2 heterocycles. The fourth-order valence-corrected chi connectivity index (χ4v) is 4.75. The number of carboxylic acids is 1. The SMILES string of the molecule is C=C1[C@H]2[C@H](O[C@@H]3O[C@H](CO)[C@@H](O)[C@H](O)[C@H]3OC(=O)/C=C/c3ccc(O)c(O)c3)OC=C(C(=O)O)[C@H]2C[C@@H]1O. The van der Waals surface area contributed by atoms with Gasteiger partial charge in [-0.3, -0.25) is 0 Å². The van der Waals surface area contributed by atoms with Crippen LogP contribution in [0, 0.1) is 11.8 Å². The highest BCUT2D eigenvalue weighted by Gasteiger charge is 2.53. The van der Waals surface area contributed by atoms with Crippen LogP contribution in [0.3, 0.4) is 0 Å². The number of phenols is 2. The number of hydrogen-bond acceptors (Lipinski definition) is 12. The number of carboxylic acid groups (broad SMARTS) is 1. The van der Waals surface area contributed by atoms with Crippen LogP contribution in [0.5, 0.6) is 11.5 Å². The van der Waals surface area contributed by atoms with Crippen LogP contribution in [-0.4, -0.2) is 97.4 Å². The minimum absolute atomic E-state index is 0.0625. The molecule has 2 aliphatic heterocycles. The normalized spacial score (nSPS) is 34.9. The average Bonchev–Trinajstić information content (AvgIpc) is 3.18. The molecule has 0 unspecified atom stereocenters. The zero-order chi connectivity index (χ0) is 27.7. The summed E-state index contributed by atoms with van der Waals surface area (Å²) in [7, 11) is 0. The van der Waals surface area contributed by atoms with E-state index in [1.54, 1.807) is 0 Å². The standard InChI is InChI=1S/C25H28O13/c1-10-15(28)7-12-13(23(33)34)9-35-24(19(10)12)38-25-22(21(32)20(31)17(8-26)36-25)37-18(30)5-3-11-2-4-14(27)16(29)6-11/h2-6,9,12,15,17,19-22,24-29,31-32H,1,7-8H2,(H,33,34)/b5-3+/t12-,15+,17-,19-,20-,21+,22-,24+,25+/m1/s1. The molecule has 13 heteroatoms. The molecule has 0 aromatic heterocycles. The maximum absolute atomic E-state index is 12.5. The van der Waals surface area contributed by atoms with Gasteiger partial charge in [0.25, 0.3) is 0 Å². The van der Waals surface area contributed by atoms with Gasteiger partial charge in [-0.1, -0.05) is 12.6 Å². The van der Waals surface area contributed by atoms with Crippen molar-refractivity contribution in [2.75, 3.05) is 6.61 Å². The summed E-state index contributed by atoms with van der Waals surface area (Å²) >= 11 is 0. The minimum Gasteiger partial charge on any atom is -0.504 e. The monoisotopic (exact) mass is 536 g/mol. The highest BCUT2D eigenvalue weighted by molar-refractivity contribution is 5.88. The van der Waals surface area contributed by atoms with Crippen LogP contribution < -0.4 is 0 Å². The Balaban J connectivity index is 1.54. The van der Waals surface area contributed by atoms with E-state index in [1.807, 2.05) is 0 Å². The van der Waals surface area contributed by atoms with Crippen molar-refractivity contribution in [3.63, 3.8) is 0 Å². The van der Waals surface area contributed by atoms with Crippen LogP contribution in [0.25, 0.3) is 6.08 Å². The second-order valence-corrected chi connectivity index (χ2v) is 9.17. The third-order valence-corrected chi connectivity index (χ3v) is 6.79. The number of aliphatic hydroxyl groups is 4. The summed E-state index contributed by atoms with van der Waals surface area (Å²) < 4.78 is 22.2. The molecule has 1 aromatic rings. The van der Waals surface area contributed by atoms with E-state index >= 15 is 0 Å². The smallest absolute Gasteiger partial charge is 0.334 e. The van der Waals surface area contributed by atoms with Crippen LogP contribution in [0.1, 0.15) is 12.0 Å². The first-order valence-corrected chi connectivity index (χ1v) is 11.7. The van der Waals surface area contributed by atoms with Crippen molar-refractivity contribution < 1.29 is 64.3 Å². The molecule has 38 heavy (non-hydrogen) atoms. The summed E-state index contributed by atoms with van der Waals surface area (Å²) in [6, 6.07) is 3.82. The molecule has 3 aliphatic rings. The quantitative estimate of drug-likeness (QED) is 0.100. The van der Waals surface area contributed by atoms with E-state index in [0.29, 0.717) is 5.56 Å². The van der Waals surface area contributed by atoms with Crippen LogP contribution >= 0.6 is 0 Å². The number of benzene rings is 1. The highest BCUT2D eigenvalue weighted by Crippen LogP contribution is 2.46. The average molecular weight is 536 g/mol. The van der Waals surface area contributed by atoms with Crippen molar-refractivity contribution >= 4 is 18.0 Å². The first-order valence-electron chi connectivity index (χ1n) is 11.7. The van der Waals surface area contributed by atoms with Gasteiger partial charge in [0.2, 0.25) is 12.6 Å². The minimum atomic E-state index is -1.76. The van der Waals surface area contributed by atoms with Crippen molar-refractivity contribution in [1.82, 2.24) is 0 Å². The number of rotatable bonds is 7. The van der Waals surface area contributed by atoms with Crippen molar-refractivity contribution in [2.45, 2.75) is 49.5 Å². The second-order valence-electron chi connectivity index (χ2n) is 9.17. The number of carbonyl (C=O) groups excluding carboxylic acids is 1. The Kier molecular flexibility index (Phi) is 8.06. The number of aliphatic hydroxyl groups excluding tert-OH is 4. The molecule has 1 aliphatic carbocycles. The molecule has 1 aromatic carbocycles. The van der Waals surface area contributed by atoms with Crippen molar-refractivity contribution in [3.05, 3.63) is 53.8 Å². The van der Waals surface area contributed by atoms with Gasteiger partial charge in [-0.2, -0.15) is 0 Å². The van der Waals surface area contributed by atoms with Gasteiger partial charge in [-0.25, -0.2) is 9.59 Å². The van der Waals surface area contributed by atoms with Crippen LogP contribution in [0.4, 0.5) is 0 Å². The predicted molar refractivity (Wildman–Crippen MR) is 125 cm³/mol. The molecule has 4 rings (SSSR count). The molecule has 0 amide bonds. The molecule has 9 atom stereocenters. The van der Waals surface area contributed by atoms with Crippen molar-refractivity contribution in [1.29, 1.82) is 0 Å². The zero-order valence-electron chi connectivity index (χ0n) is 19.9. The summed E-state index contributed by atoms with van der Waals surface area (Å²) in [5, 5.41) is 69.4. The van der Waals surface area contributed by atoms with E-state index in [2.05, 4.69) is 6.58 Å². The summed E-state index contributed by atoms with van der Waals surface area (Å²) in [5.74, 6) is -4.52. The lowest BCUT2D eigenvalue weighted by Crippen LogP contribution is -2.61. The molecule has 2 fully saturated rings. The Morgan fingerprint density at radius 2 is 1.84 bits per heavy atom. The number of esters is 1. The third-order valence-electron chi connectivity index (χ3n) is 6.79. The molecule has 0 radical (unpaired) electrons. The van der Waals surface area contributed by atoms with Crippen molar-refractivity contribution in [2.24, 2.45) is 11.8 Å². The molecule has 206 valence electrons. The fraction of sp³-hybridized carbons (Fsp3) is 0.440. The molecular weight excluding hydrogens is 508 g/mol. The van der Waals surface area contributed by atoms with E-state index in [4.69, 9.17) is 18.9 Å². The van der Waals surface area contributed by atoms with Gasteiger partial charge in [0.05, 0.1) is 30.5 Å². The van der Waals surface area contributed by atoms with Gasteiger partial charge in [0, 0.05) is 12.0 Å². The summed E-state index contributed by atoms with van der Waals surface area (Å²) in [6.45, 7) is 3.11. The summed E-state index contributed by atoms with van der Waals surface area (Å²) in [6.07, 6.45) is -6.97. The Labute approximate surface area is 216 Å². The van der Waals surface area contributed by atoms with Crippen LogP contribution in [-0.2, 0) is 28.5 Å². The third kappa shape index (κ3) is 5.38. The van der Waals surface area contributed by atoms with E-state index in [1.165, 1.54) is 24.3 Å². The first-order chi connectivity index (χ1) is 18.0. The number of phenolic OH excluding ortho intramolecular Hbond substituents is 2. The number of ether oxygens (including phenoxy) is 4. The lowest BCUT2D eigenvalue weighted by Gasteiger charge is -2.43. The summed E-state index contributed by atoms with van der Waals surface area (Å²) in [4.78, 5) is 24.2. The topological polar surface area (TPSA) is 213 Å². The number of fused-ring (bicyclic) bond motifs is 1. The number of aliphatic carboxylic acids is 1. The molecule has 0 bridgehead atoms. The van der Waals surface area contributed by atoms with Gasteiger partial charge in [0.1, 0.15) is 18.3 Å². The maximum atomic E-state index is 12.5. The molecular formula is C25H28O13. The van der Waals surface area contributed by atoms with Crippen molar-refractivity contribution in [3.8, 4) is 11.5 Å². The van der Waals surface area contributed by atoms with Gasteiger partial charge in [-0.05, 0) is 35.8 Å². The zero-order valence-corrected chi connectivity index (χ0v) is 19.9. The molecule has 1 saturated carbocycles. The molecule has 1 saturated heterocycles. The summed E-state index contributed by atoms with van der Waals surface area (Å²) in [5.41, 5.74) is 0.511. The van der Waals surface area contributed by atoms with Crippen LogP contribution in [0.15, 0.2) is 48.3 Å². The fourth-order valence-electron chi connectivity index (χ4n) is 4.75. The number of carbonyl (C=O) groups is 2. The van der Waals surface area contributed by atoms with Gasteiger partial charge < -0.3 is 54.7 Å². The van der Waals surface area contributed by atoms with E-state index in [-0.39, 0.29) is 23.3 Å². The Hall–Kier alpha value is -3.46. The maximum Gasteiger partial charge on any atom is 0.334 e. The lowest BCUT2D eigenvalue weighted by molar-refractivity contribution is -0.340. The van der Waals surface area contributed by atoms with Gasteiger partial charge in [0.15, 0.2) is 17.6 Å². The largest absolute Gasteiger partial charge is 0.504 e. The number of aromatic hydroxyl groups is 2. The van der Waals surface area contributed by atoms with E-state index < -0.39 is 79.2 Å².